The van der Waals surface area contributed by atoms with E-state index in [4.69, 9.17) is 11.6 Å². The number of halogens is 1. The minimum Gasteiger partial charge on any atom is -0.465 e. The van der Waals surface area contributed by atoms with Crippen LogP contribution in [0.3, 0.4) is 0 Å². The number of esters is 1. The lowest BCUT2D eigenvalue weighted by Gasteiger charge is -2.01. The Balaban J connectivity index is 3.03. The van der Waals surface area contributed by atoms with Crippen molar-refractivity contribution in [2.75, 3.05) is 13.0 Å². The van der Waals surface area contributed by atoms with Gasteiger partial charge >= 0.3 is 5.97 Å². The van der Waals surface area contributed by atoms with Gasteiger partial charge in [-0.05, 0) is 6.07 Å². The van der Waals surface area contributed by atoms with Crippen LogP contribution in [0.5, 0.6) is 0 Å². The molecule has 0 aliphatic carbocycles. The fourth-order valence-corrected chi connectivity index (χ4v) is 1.10. The van der Waals surface area contributed by atoms with E-state index >= 15 is 0 Å². The van der Waals surface area contributed by atoms with Crippen LogP contribution in [0.4, 0.5) is 0 Å². The maximum atomic E-state index is 11.3. The molecular weight excluding hydrogens is 202 g/mol. The molecule has 0 spiro atoms. The number of aromatic nitrogens is 1. The molecule has 14 heavy (non-hydrogen) atoms. The Morgan fingerprint density at radius 2 is 2.50 bits per heavy atom. The van der Waals surface area contributed by atoms with Gasteiger partial charge in [-0.2, -0.15) is 0 Å². The summed E-state index contributed by atoms with van der Waals surface area (Å²) >= 11 is 5.49. The Bertz CT molecular complexity index is 350. The minimum atomic E-state index is -0.373. The number of alkyl halides is 1. The number of carbonyl (C=O) groups excluding carboxylic acids is 1. The summed E-state index contributed by atoms with van der Waals surface area (Å²) in [6, 6.07) is 1.61. The molecular formula is C10H10ClNO2. The molecule has 0 saturated heterocycles. The third kappa shape index (κ3) is 2.57. The van der Waals surface area contributed by atoms with Gasteiger partial charge in [-0.3, -0.25) is 4.98 Å². The summed E-state index contributed by atoms with van der Waals surface area (Å²) in [6.45, 7) is 0. The molecule has 0 atom stereocenters. The number of carbonyl (C=O) groups is 1. The lowest BCUT2D eigenvalue weighted by Crippen LogP contribution is -2.03. The molecule has 0 amide bonds. The van der Waals surface area contributed by atoms with Gasteiger partial charge in [-0.25, -0.2) is 4.79 Å². The van der Waals surface area contributed by atoms with E-state index in [0.717, 1.165) is 0 Å². The van der Waals surface area contributed by atoms with Crippen molar-refractivity contribution in [2.45, 2.75) is 0 Å². The van der Waals surface area contributed by atoms with Crippen molar-refractivity contribution in [1.82, 2.24) is 4.98 Å². The molecule has 0 aliphatic rings. The number of methoxy groups -OCH3 is 1. The van der Waals surface area contributed by atoms with Gasteiger partial charge in [-0.1, -0.05) is 12.2 Å². The van der Waals surface area contributed by atoms with Crippen molar-refractivity contribution < 1.29 is 9.53 Å². The predicted octanol–water partition coefficient (Wildman–Crippen LogP) is 2.12. The topological polar surface area (TPSA) is 39.2 Å². The second kappa shape index (κ2) is 5.40. The van der Waals surface area contributed by atoms with Crippen molar-refractivity contribution in [2.24, 2.45) is 0 Å². The smallest absolute Gasteiger partial charge is 0.338 e. The molecule has 1 heterocycles. The van der Waals surface area contributed by atoms with Crippen LogP contribution in [0.2, 0.25) is 0 Å². The monoisotopic (exact) mass is 211 g/mol. The number of allylic oxidation sites excluding steroid dienone is 1. The molecule has 0 radical (unpaired) electrons. The van der Waals surface area contributed by atoms with Gasteiger partial charge in [-0.15, -0.1) is 11.6 Å². The molecule has 0 unspecified atom stereocenters. The first-order valence-electron chi connectivity index (χ1n) is 4.04. The van der Waals surface area contributed by atoms with Gasteiger partial charge in [0.05, 0.1) is 12.7 Å². The first-order chi connectivity index (χ1) is 6.79. The minimum absolute atomic E-state index is 0.373. The van der Waals surface area contributed by atoms with Crippen LogP contribution in [0, 0.1) is 0 Å². The Labute approximate surface area is 87.4 Å². The summed E-state index contributed by atoms with van der Waals surface area (Å²) in [5.41, 5.74) is 1.20. The maximum Gasteiger partial charge on any atom is 0.338 e. The van der Waals surface area contributed by atoms with Crippen molar-refractivity contribution in [1.29, 1.82) is 0 Å². The zero-order valence-corrected chi connectivity index (χ0v) is 8.49. The van der Waals surface area contributed by atoms with E-state index in [0.29, 0.717) is 17.0 Å². The Hall–Kier alpha value is -1.35. The fourth-order valence-electron chi connectivity index (χ4n) is 1.01. The summed E-state index contributed by atoms with van der Waals surface area (Å²) < 4.78 is 4.62. The van der Waals surface area contributed by atoms with E-state index in [1.54, 1.807) is 30.6 Å². The zero-order chi connectivity index (χ0) is 10.4. The van der Waals surface area contributed by atoms with E-state index < -0.39 is 0 Å². The highest BCUT2D eigenvalue weighted by molar-refractivity contribution is 6.19. The summed E-state index contributed by atoms with van der Waals surface area (Å²) in [5, 5.41) is 0. The molecule has 0 saturated carbocycles. The molecule has 74 valence electrons. The summed E-state index contributed by atoms with van der Waals surface area (Å²) in [5.74, 6) is 0.0248. The molecule has 0 aliphatic heterocycles. The lowest BCUT2D eigenvalue weighted by atomic mass is 10.1. The fraction of sp³-hybridized carbons (Fsp3) is 0.200. The lowest BCUT2D eigenvalue weighted by molar-refractivity contribution is 0.0600. The van der Waals surface area contributed by atoms with Crippen molar-refractivity contribution in [3.05, 3.63) is 35.7 Å². The van der Waals surface area contributed by atoms with Crippen LogP contribution in [0.1, 0.15) is 15.9 Å². The molecule has 0 bridgehead atoms. The van der Waals surface area contributed by atoms with Crippen LogP contribution >= 0.6 is 11.6 Å². The first kappa shape index (κ1) is 10.7. The average molecular weight is 212 g/mol. The van der Waals surface area contributed by atoms with E-state index in [9.17, 15) is 4.79 Å². The SMILES string of the molecule is COC(=O)c1ccncc1C=CCCl. The molecule has 0 N–H and O–H groups in total. The summed E-state index contributed by atoms with van der Waals surface area (Å²) in [7, 11) is 1.35. The second-order valence-electron chi connectivity index (χ2n) is 2.51. The highest BCUT2D eigenvalue weighted by atomic mass is 35.5. The number of nitrogens with zero attached hydrogens (tertiary/aromatic N) is 1. The van der Waals surface area contributed by atoms with E-state index in [-0.39, 0.29) is 5.97 Å². The first-order valence-corrected chi connectivity index (χ1v) is 4.58. The molecule has 1 rings (SSSR count). The van der Waals surface area contributed by atoms with Crippen LogP contribution < -0.4 is 0 Å². The highest BCUT2D eigenvalue weighted by Gasteiger charge is 2.08. The number of rotatable bonds is 3. The zero-order valence-electron chi connectivity index (χ0n) is 7.74. The standard InChI is InChI=1S/C10H10ClNO2/c1-14-10(13)9-4-6-12-7-8(9)3-2-5-11/h2-4,6-7H,5H2,1H3. The predicted molar refractivity (Wildman–Crippen MR) is 55.3 cm³/mol. The van der Waals surface area contributed by atoms with E-state index in [1.165, 1.54) is 7.11 Å². The van der Waals surface area contributed by atoms with Crippen LogP contribution in [0.15, 0.2) is 24.5 Å². The molecule has 0 fully saturated rings. The van der Waals surface area contributed by atoms with Crippen molar-refractivity contribution in [3.63, 3.8) is 0 Å². The van der Waals surface area contributed by atoms with Crippen LogP contribution in [-0.4, -0.2) is 23.9 Å². The third-order valence-corrected chi connectivity index (χ3v) is 1.82. The van der Waals surface area contributed by atoms with Crippen LogP contribution in [0.25, 0.3) is 6.08 Å². The molecule has 1 aromatic rings. The quantitative estimate of drug-likeness (QED) is 0.568. The molecule has 0 aromatic carbocycles. The third-order valence-electron chi connectivity index (χ3n) is 1.64. The molecule has 3 nitrogen and oxygen atoms in total. The second-order valence-corrected chi connectivity index (χ2v) is 2.82. The maximum absolute atomic E-state index is 11.3. The number of pyridine rings is 1. The number of hydrogen-bond donors (Lipinski definition) is 0. The van der Waals surface area contributed by atoms with E-state index in [2.05, 4.69) is 9.72 Å². The molecule has 1 aromatic heterocycles. The normalized spacial score (nSPS) is 10.4. The Morgan fingerprint density at radius 3 is 3.14 bits per heavy atom. The highest BCUT2D eigenvalue weighted by Crippen LogP contribution is 2.10. The average Bonchev–Trinajstić information content (AvgIpc) is 2.25. The molecule has 4 heteroatoms. The van der Waals surface area contributed by atoms with Crippen LogP contribution in [-0.2, 0) is 4.74 Å². The van der Waals surface area contributed by atoms with Gasteiger partial charge in [0, 0.05) is 23.8 Å². The van der Waals surface area contributed by atoms with E-state index in [1.807, 2.05) is 0 Å². The van der Waals surface area contributed by atoms with Crippen molar-refractivity contribution >= 4 is 23.6 Å². The summed E-state index contributed by atoms with van der Waals surface area (Å²) in [6.07, 6.45) is 6.62. The Kier molecular flexibility index (Phi) is 4.13. The number of ether oxygens (including phenoxy) is 1. The number of hydrogen-bond acceptors (Lipinski definition) is 3. The van der Waals surface area contributed by atoms with Gasteiger partial charge < -0.3 is 4.74 Å². The van der Waals surface area contributed by atoms with Crippen molar-refractivity contribution in [3.8, 4) is 0 Å². The summed E-state index contributed by atoms with van der Waals surface area (Å²) in [4.78, 5) is 15.2. The van der Waals surface area contributed by atoms with Gasteiger partial charge in [0.25, 0.3) is 0 Å². The van der Waals surface area contributed by atoms with Gasteiger partial charge in [0.1, 0.15) is 0 Å². The Morgan fingerprint density at radius 1 is 1.71 bits per heavy atom. The van der Waals surface area contributed by atoms with Gasteiger partial charge in [0.15, 0.2) is 0 Å². The largest absolute Gasteiger partial charge is 0.465 e. The van der Waals surface area contributed by atoms with Gasteiger partial charge in [0.2, 0.25) is 0 Å².